The number of aromatic nitrogens is 3. The Morgan fingerprint density at radius 1 is 1.17 bits per heavy atom. The van der Waals surface area contributed by atoms with Crippen molar-refractivity contribution >= 4 is 15.4 Å². The van der Waals surface area contributed by atoms with E-state index in [1.165, 1.54) is 0 Å². The van der Waals surface area contributed by atoms with Crippen molar-refractivity contribution in [3.05, 3.63) is 60.2 Å². The van der Waals surface area contributed by atoms with Crippen molar-refractivity contribution in [2.75, 3.05) is 6.26 Å². The van der Waals surface area contributed by atoms with Crippen LogP contribution in [-0.2, 0) is 15.5 Å². The highest BCUT2D eigenvalue weighted by Gasteiger charge is 2.07. The van der Waals surface area contributed by atoms with Crippen molar-refractivity contribution in [2.45, 2.75) is 12.7 Å². The highest BCUT2D eigenvalue weighted by atomic mass is 32.2. The fraction of sp³-hybridized carbons (Fsp3) is 0.188. The van der Waals surface area contributed by atoms with E-state index < -0.39 is 9.73 Å². The Morgan fingerprint density at radius 2 is 1.96 bits per heavy atom. The third-order valence-corrected chi connectivity index (χ3v) is 4.52. The zero-order chi connectivity index (χ0) is 16.3. The van der Waals surface area contributed by atoms with Crippen LogP contribution < -0.4 is 0 Å². The van der Waals surface area contributed by atoms with E-state index in [0.717, 1.165) is 11.3 Å². The van der Waals surface area contributed by atoms with Crippen LogP contribution in [0.3, 0.4) is 0 Å². The van der Waals surface area contributed by atoms with E-state index in [9.17, 15) is 4.21 Å². The zero-order valence-electron chi connectivity index (χ0n) is 12.8. The topological polar surface area (TPSA) is 81.2 Å². The monoisotopic (exact) mass is 328 g/mol. The van der Waals surface area contributed by atoms with E-state index in [0.29, 0.717) is 23.2 Å². The predicted molar refractivity (Wildman–Crippen MR) is 88.6 cm³/mol. The molecule has 3 rings (SSSR count). The standard InChI is InChI=1S/C16H16N4O2S/c1-12-18-16(19-22-12)13-6-8-14(9-7-13)20-23(2,21)11-15-5-3-4-10-17-15/h3-10H,11H2,1-2H3. The van der Waals surface area contributed by atoms with Crippen molar-refractivity contribution in [2.24, 2.45) is 4.36 Å². The summed E-state index contributed by atoms with van der Waals surface area (Å²) in [6, 6.07) is 12.8. The summed E-state index contributed by atoms with van der Waals surface area (Å²) in [6.07, 6.45) is 3.32. The largest absolute Gasteiger partial charge is 0.339 e. The molecule has 7 heteroatoms. The number of rotatable bonds is 4. The lowest BCUT2D eigenvalue weighted by Crippen LogP contribution is -2.02. The molecule has 0 aliphatic rings. The number of hydrogen-bond donors (Lipinski definition) is 0. The lowest BCUT2D eigenvalue weighted by molar-refractivity contribution is 0.394. The first kappa shape index (κ1) is 15.4. The lowest BCUT2D eigenvalue weighted by atomic mass is 10.2. The normalized spacial score (nSPS) is 13.5. The molecule has 0 saturated carbocycles. The molecule has 2 aromatic heterocycles. The molecular weight excluding hydrogens is 312 g/mol. The molecule has 0 aliphatic heterocycles. The maximum atomic E-state index is 12.6. The maximum absolute atomic E-state index is 12.6. The fourth-order valence-electron chi connectivity index (χ4n) is 2.10. The number of pyridine rings is 1. The average molecular weight is 328 g/mol. The Kier molecular flexibility index (Phi) is 4.20. The van der Waals surface area contributed by atoms with Gasteiger partial charge in [-0.15, -0.1) is 0 Å². The molecule has 6 nitrogen and oxygen atoms in total. The first-order valence-corrected chi connectivity index (χ1v) is 9.12. The van der Waals surface area contributed by atoms with Crippen LogP contribution in [0.5, 0.6) is 0 Å². The lowest BCUT2D eigenvalue weighted by Gasteiger charge is -2.04. The molecule has 0 radical (unpaired) electrons. The Bertz CT molecular complexity index is 911. The van der Waals surface area contributed by atoms with Crippen LogP contribution in [0.4, 0.5) is 5.69 Å². The van der Waals surface area contributed by atoms with Crippen LogP contribution in [0.25, 0.3) is 11.4 Å². The molecule has 23 heavy (non-hydrogen) atoms. The summed E-state index contributed by atoms with van der Waals surface area (Å²) in [6.45, 7) is 1.74. The van der Waals surface area contributed by atoms with Crippen LogP contribution in [0, 0.1) is 6.92 Å². The molecule has 1 aromatic carbocycles. The van der Waals surface area contributed by atoms with Crippen molar-refractivity contribution in [3.63, 3.8) is 0 Å². The minimum atomic E-state index is -2.40. The van der Waals surface area contributed by atoms with Crippen LogP contribution in [0.2, 0.25) is 0 Å². The van der Waals surface area contributed by atoms with Gasteiger partial charge in [0.05, 0.1) is 26.9 Å². The molecule has 0 bridgehead atoms. The molecule has 0 saturated heterocycles. The number of nitrogens with zero attached hydrogens (tertiary/aromatic N) is 4. The summed E-state index contributed by atoms with van der Waals surface area (Å²) in [5.74, 6) is 1.36. The summed E-state index contributed by atoms with van der Waals surface area (Å²) >= 11 is 0. The van der Waals surface area contributed by atoms with E-state index in [1.54, 1.807) is 31.5 Å². The maximum Gasteiger partial charge on any atom is 0.223 e. The Balaban J connectivity index is 1.83. The van der Waals surface area contributed by atoms with E-state index in [-0.39, 0.29) is 0 Å². The van der Waals surface area contributed by atoms with Crippen LogP contribution in [0.1, 0.15) is 11.6 Å². The molecule has 1 unspecified atom stereocenters. The van der Waals surface area contributed by atoms with Gasteiger partial charge in [0.15, 0.2) is 0 Å². The second-order valence-corrected chi connectivity index (χ2v) is 7.59. The van der Waals surface area contributed by atoms with Crippen molar-refractivity contribution in [3.8, 4) is 11.4 Å². The quantitative estimate of drug-likeness (QED) is 0.733. The summed E-state index contributed by atoms with van der Waals surface area (Å²) < 4.78 is 21.9. The van der Waals surface area contributed by atoms with E-state index >= 15 is 0 Å². The van der Waals surface area contributed by atoms with Gasteiger partial charge in [0.2, 0.25) is 11.7 Å². The van der Waals surface area contributed by atoms with Crippen LogP contribution >= 0.6 is 0 Å². The predicted octanol–water partition coefficient (Wildman–Crippen LogP) is 3.37. The van der Waals surface area contributed by atoms with Gasteiger partial charge in [-0.2, -0.15) is 9.35 Å². The van der Waals surface area contributed by atoms with Gasteiger partial charge in [0.25, 0.3) is 0 Å². The second-order valence-electron chi connectivity index (χ2n) is 5.20. The Hall–Kier alpha value is -2.54. The molecule has 1 atom stereocenters. The summed E-state index contributed by atoms with van der Waals surface area (Å²) in [5.41, 5.74) is 2.24. The second kappa shape index (κ2) is 6.29. The molecule has 2 heterocycles. The van der Waals surface area contributed by atoms with Gasteiger partial charge in [-0.25, -0.2) is 4.21 Å². The van der Waals surface area contributed by atoms with Crippen molar-refractivity contribution < 1.29 is 8.73 Å². The molecule has 0 spiro atoms. The minimum Gasteiger partial charge on any atom is -0.339 e. The van der Waals surface area contributed by atoms with Gasteiger partial charge in [-0.1, -0.05) is 11.2 Å². The average Bonchev–Trinajstić information content (AvgIpc) is 2.95. The van der Waals surface area contributed by atoms with Gasteiger partial charge in [0, 0.05) is 24.9 Å². The number of hydrogen-bond acceptors (Lipinski definition) is 6. The molecule has 118 valence electrons. The number of benzene rings is 1. The molecular formula is C16H16N4O2S. The molecule has 3 aromatic rings. The molecule has 0 amide bonds. The zero-order valence-corrected chi connectivity index (χ0v) is 13.7. The van der Waals surface area contributed by atoms with Crippen LogP contribution in [-0.4, -0.2) is 25.6 Å². The first-order chi connectivity index (χ1) is 11.0. The van der Waals surface area contributed by atoms with Gasteiger partial charge in [-0.3, -0.25) is 4.98 Å². The molecule has 0 N–H and O–H groups in total. The van der Waals surface area contributed by atoms with Crippen molar-refractivity contribution in [1.29, 1.82) is 0 Å². The van der Waals surface area contributed by atoms with E-state index in [4.69, 9.17) is 4.52 Å². The highest BCUT2D eigenvalue weighted by molar-refractivity contribution is 7.92. The third kappa shape index (κ3) is 4.01. The summed E-state index contributed by atoms with van der Waals surface area (Å²) in [7, 11) is -2.40. The van der Waals surface area contributed by atoms with Gasteiger partial charge >= 0.3 is 0 Å². The highest BCUT2D eigenvalue weighted by Crippen LogP contribution is 2.22. The smallest absolute Gasteiger partial charge is 0.223 e. The van der Waals surface area contributed by atoms with Gasteiger partial charge < -0.3 is 4.52 Å². The fourth-order valence-corrected chi connectivity index (χ4v) is 3.45. The minimum absolute atomic E-state index is 0.319. The van der Waals surface area contributed by atoms with Crippen LogP contribution in [0.15, 0.2) is 57.5 Å². The van der Waals surface area contributed by atoms with Gasteiger partial charge in [-0.05, 0) is 36.4 Å². The Labute approximate surface area is 134 Å². The SMILES string of the molecule is Cc1nc(-c2ccc(N=S(C)(=O)Cc3ccccn3)cc2)no1. The molecule has 0 fully saturated rings. The Morgan fingerprint density at radius 3 is 2.57 bits per heavy atom. The van der Waals surface area contributed by atoms with Gasteiger partial charge in [0.1, 0.15) is 0 Å². The van der Waals surface area contributed by atoms with E-state index in [2.05, 4.69) is 19.5 Å². The first-order valence-electron chi connectivity index (χ1n) is 7.02. The number of aryl methyl sites for hydroxylation is 1. The molecule has 0 aliphatic carbocycles. The van der Waals surface area contributed by atoms with Crippen molar-refractivity contribution in [1.82, 2.24) is 15.1 Å². The third-order valence-electron chi connectivity index (χ3n) is 3.09. The van der Waals surface area contributed by atoms with E-state index in [1.807, 2.05) is 30.3 Å². The summed E-state index contributed by atoms with van der Waals surface area (Å²) in [5, 5.41) is 3.86. The summed E-state index contributed by atoms with van der Waals surface area (Å²) in [4.78, 5) is 8.36.